The minimum absolute atomic E-state index is 0.166. The molecule has 0 bridgehead atoms. The number of morpholine rings is 1. The molecule has 1 saturated heterocycles. The summed E-state index contributed by atoms with van der Waals surface area (Å²) in [7, 11) is 0. The number of pyridine rings is 1. The maximum absolute atomic E-state index is 12.5. The lowest BCUT2D eigenvalue weighted by Gasteiger charge is -2.31. The predicted octanol–water partition coefficient (Wildman–Crippen LogP) is 0.184. The maximum Gasteiger partial charge on any atom is 0.251 e. The summed E-state index contributed by atoms with van der Waals surface area (Å²) in [6.07, 6.45) is 2.24. The predicted molar refractivity (Wildman–Crippen MR) is 96.6 cm³/mol. The Morgan fingerprint density at radius 3 is 2.52 bits per heavy atom. The number of carbonyl (C=O) groups is 3. The number of ether oxygens (including phenoxy) is 1. The van der Waals surface area contributed by atoms with Gasteiger partial charge in [-0.15, -0.1) is 0 Å². The summed E-state index contributed by atoms with van der Waals surface area (Å²) in [6, 6.07) is 11.8. The van der Waals surface area contributed by atoms with E-state index in [2.05, 4.69) is 20.9 Å². The van der Waals surface area contributed by atoms with Gasteiger partial charge in [0, 0.05) is 31.0 Å². The van der Waals surface area contributed by atoms with Gasteiger partial charge < -0.3 is 20.7 Å². The van der Waals surface area contributed by atoms with Crippen molar-refractivity contribution in [2.24, 2.45) is 0 Å². The molecule has 0 saturated carbocycles. The highest BCUT2D eigenvalue weighted by atomic mass is 16.5. The highest BCUT2D eigenvalue weighted by Crippen LogP contribution is 2.22. The van der Waals surface area contributed by atoms with Crippen molar-refractivity contribution in [1.82, 2.24) is 20.9 Å². The number of benzene rings is 1. The molecular formula is C19H20N4O4. The van der Waals surface area contributed by atoms with Crippen LogP contribution in [0, 0.1) is 0 Å². The number of carbonyl (C=O) groups excluding carboxylic acids is 3. The molecule has 2 aromatic rings. The first-order valence-corrected chi connectivity index (χ1v) is 8.57. The Bertz CT molecular complexity index is 798. The van der Waals surface area contributed by atoms with Crippen molar-refractivity contribution in [3.05, 3.63) is 66.0 Å². The van der Waals surface area contributed by atoms with Crippen molar-refractivity contribution < 1.29 is 19.1 Å². The zero-order valence-corrected chi connectivity index (χ0v) is 14.6. The lowest BCUT2D eigenvalue weighted by Crippen LogP contribution is -2.53. The van der Waals surface area contributed by atoms with E-state index < -0.39 is 12.1 Å². The molecule has 1 fully saturated rings. The Morgan fingerprint density at radius 1 is 1.07 bits per heavy atom. The number of nitrogens with one attached hydrogen (secondary N) is 3. The number of hydrogen-bond donors (Lipinski definition) is 3. The topological polar surface area (TPSA) is 109 Å². The van der Waals surface area contributed by atoms with Crippen LogP contribution in [0.1, 0.15) is 22.0 Å². The van der Waals surface area contributed by atoms with Gasteiger partial charge in [-0.3, -0.25) is 19.4 Å². The van der Waals surface area contributed by atoms with Gasteiger partial charge >= 0.3 is 0 Å². The molecule has 27 heavy (non-hydrogen) atoms. The third-order valence-corrected chi connectivity index (χ3v) is 4.08. The summed E-state index contributed by atoms with van der Waals surface area (Å²) in [5, 5.41) is 8.24. The number of hydrogen-bond acceptors (Lipinski definition) is 5. The molecule has 8 heteroatoms. The molecule has 1 aliphatic rings. The fourth-order valence-corrected chi connectivity index (χ4v) is 2.77. The van der Waals surface area contributed by atoms with Crippen LogP contribution >= 0.6 is 0 Å². The molecule has 8 nitrogen and oxygen atoms in total. The molecule has 1 aliphatic heterocycles. The fourth-order valence-electron chi connectivity index (χ4n) is 2.77. The van der Waals surface area contributed by atoms with Crippen LogP contribution in [-0.2, 0) is 14.3 Å². The van der Waals surface area contributed by atoms with Gasteiger partial charge in [-0.1, -0.05) is 30.3 Å². The standard InChI is InChI=1S/C19H20N4O4/c24-15-12-27-17(16(23-15)13-4-2-1-3-5-13)19(26)22-11-10-21-18(25)14-6-8-20-9-7-14/h1-9,16-17H,10-12H2,(H,21,25)(H,22,26)(H,23,24)/t16-,17+/m1/s1. The van der Waals surface area contributed by atoms with Crippen molar-refractivity contribution >= 4 is 17.7 Å². The van der Waals surface area contributed by atoms with Crippen LogP contribution in [0.3, 0.4) is 0 Å². The summed E-state index contributed by atoms with van der Waals surface area (Å²) in [5.74, 6) is -0.852. The lowest BCUT2D eigenvalue weighted by atomic mass is 9.99. The molecule has 3 amide bonds. The van der Waals surface area contributed by atoms with E-state index in [1.54, 1.807) is 12.1 Å². The van der Waals surface area contributed by atoms with Gasteiger partial charge in [-0.05, 0) is 17.7 Å². The van der Waals surface area contributed by atoms with Gasteiger partial charge in [0.25, 0.3) is 11.8 Å². The maximum atomic E-state index is 12.5. The van der Waals surface area contributed by atoms with Gasteiger partial charge in [-0.2, -0.15) is 0 Å². The Hall–Kier alpha value is -3.26. The van der Waals surface area contributed by atoms with Gasteiger partial charge in [0.05, 0.1) is 6.04 Å². The number of nitrogens with zero attached hydrogens (tertiary/aromatic N) is 1. The van der Waals surface area contributed by atoms with Crippen molar-refractivity contribution in [2.75, 3.05) is 19.7 Å². The Balaban J connectivity index is 1.52. The quantitative estimate of drug-likeness (QED) is 0.631. The zero-order chi connectivity index (χ0) is 19.1. The van der Waals surface area contributed by atoms with Gasteiger partial charge in [0.15, 0.2) is 6.10 Å². The van der Waals surface area contributed by atoms with E-state index in [0.29, 0.717) is 5.56 Å². The van der Waals surface area contributed by atoms with Crippen LogP contribution in [0.2, 0.25) is 0 Å². The molecule has 0 radical (unpaired) electrons. The van der Waals surface area contributed by atoms with Crippen LogP contribution in [0.25, 0.3) is 0 Å². The molecular weight excluding hydrogens is 348 g/mol. The van der Waals surface area contributed by atoms with Gasteiger partial charge in [-0.25, -0.2) is 0 Å². The second-order valence-electron chi connectivity index (χ2n) is 5.97. The number of aromatic nitrogens is 1. The molecule has 1 aromatic heterocycles. The minimum atomic E-state index is -0.832. The Kier molecular flexibility index (Phi) is 6.11. The van der Waals surface area contributed by atoms with Gasteiger partial charge in [0.2, 0.25) is 5.91 Å². The lowest BCUT2D eigenvalue weighted by molar-refractivity contribution is -0.148. The molecule has 2 atom stereocenters. The van der Waals surface area contributed by atoms with E-state index >= 15 is 0 Å². The highest BCUT2D eigenvalue weighted by Gasteiger charge is 2.35. The molecule has 0 spiro atoms. The van der Waals surface area contributed by atoms with E-state index in [9.17, 15) is 14.4 Å². The smallest absolute Gasteiger partial charge is 0.251 e. The summed E-state index contributed by atoms with van der Waals surface area (Å²) in [4.78, 5) is 40.0. The van der Waals surface area contributed by atoms with Crippen molar-refractivity contribution in [2.45, 2.75) is 12.1 Å². The average molecular weight is 368 g/mol. The third-order valence-electron chi connectivity index (χ3n) is 4.08. The highest BCUT2D eigenvalue weighted by molar-refractivity contribution is 5.94. The molecule has 3 N–H and O–H groups in total. The first kappa shape index (κ1) is 18.5. The van der Waals surface area contributed by atoms with Crippen LogP contribution in [0.4, 0.5) is 0 Å². The first-order valence-electron chi connectivity index (χ1n) is 8.57. The monoisotopic (exact) mass is 368 g/mol. The van der Waals surface area contributed by atoms with Crippen LogP contribution < -0.4 is 16.0 Å². The minimum Gasteiger partial charge on any atom is -0.356 e. The Labute approximate surface area is 156 Å². The summed E-state index contributed by atoms with van der Waals surface area (Å²) < 4.78 is 5.45. The van der Waals surface area contributed by atoms with Crippen molar-refractivity contribution in [1.29, 1.82) is 0 Å². The molecule has 0 aliphatic carbocycles. The first-order chi connectivity index (χ1) is 13.1. The van der Waals surface area contributed by atoms with E-state index in [0.717, 1.165) is 5.56 Å². The Morgan fingerprint density at radius 2 is 1.78 bits per heavy atom. The second kappa shape index (κ2) is 8.91. The largest absolute Gasteiger partial charge is 0.356 e. The van der Waals surface area contributed by atoms with E-state index in [1.807, 2.05) is 30.3 Å². The third kappa shape index (κ3) is 4.89. The molecule has 3 rings (SSSR count). The van der Waals surface area contributed by atoms with Gasteiger partial charge in [0.1, 0.15) is 6.61 Å². The van der Waals surface area contributed by atoms with Crippen LogP contribution in [0.5, 0.6) is 0 Å². The summed E-state index contributed by atoms with van der Waals surface area (Å²) in [5.41, 5.74) is 1.29. The average Bonchev–Trinajstić information content (AvgIpc) is 2.72. The normalized spacial score (nSPS) is 19.0. The molecule has 0 unspecified atom stereocenters. The fraction of sp³-hybridized carbons (Fsp3) is 0.263. The summed E-state index contributed by atoms with van der Waals surface area (Å²) in [6.45, 7) is 0.340. The van der Waals surface area contributed by atoms with Crippen LogP contribution in [-0.4, -0.2) is 48.5 Å². The number of rotatable bonds is 6. The van der Waals surface area contributed by atoms with E-state index in [1.165, 1.54) is 12.4 Å². The van der Waals surface area contributed by atoms with E-state index in [-0.39, 0.29) is 37.4 Å². The molecule has 2 heterocycles. The van der Waals surface area contributed by atoms with E-state index in [4.69, 9.17) is 4.74 Å². The SMILES string of the molecule is O=C1CO[C@H](C(=O)NCCNC(=O)c2ccncc2)[C@@H](c2ccccc2)N1. The van der Waals surface area contributed by atoms with Crippen molar-refractivity contribution in [3.8, 4) is 0 Å². The second-order valence-corrected chi connectivity index (χ2v) is 5.97. The zero-order valence-electron chi connectivity index (χ0n) is 14.6. The molecule has 140 valence electrons. The summed E-state index contributed by atoms with van der Waals surface area (Å²) >= 11 is 0. The number of amides is 3. The molecule has 1 aromatic carbocycles. The van der Waals surface area contributed by atoms with Crippen molar-refractivity contribution in [3.63, 3.8) is 0 Å². The van der Waals surface area contributed by atoms with Crippen LogP contribution in [0.15, 0.2) is 54.9 Å².